The molecule has 1 aliphatic rings. The quantitative estimate of drug-likeness (QED) is 0.878. The summed E-state index contributed by atoms with van der Waals surface area (Å²) in [5.74, 6) is 0.994. The third-order valence-electron chi connectivity index (χ3n) is 2.46. The van der Waals surface area contributed by atoms with Gasteiger partial charge >= 0.3 is 0 Å². The van der Waals surface area contributed by atoms with Crippen LogP contribution in [0.5, 0.6) is 0 Å². The molecule has 0 saturated carbocycles. The normalized spacial score (nSPS) is 16.4. The predicted octanol–water partition coefficient (Wildman–Crippen LogP) is 1.04. The van der Waals surface area contributed by atoms with Crippen LogP contribution in [0.1, 0.15) is 6.92 Å². The second-order valence-corrected chi connectivity index (χ2v) is 4.15. The highest BCUT2D eigenvalue weighted by molar-refractivity contribution is 9.10. The summed E-state index contributed by atoms with van der Waals surface area (Å²) in [6, 6.07) is 0.575. The fourth-order valence-electron chi connectivity index (χ4n) is 1.59. The molecule has 2 rings (SSSR count). The maximum absolute atomic E-state index is 4.29. The van der Waals surface area contributed by atoms with Crippen molar-refractivity contribution >= 4 is 21.7 Å². The first-order valence-electron chi connectivity index (χ1n) is 4.75. The lowest BCUT2D eigenvalue weighted by Crippen LogP contribution is -2.57. The van der Waals surface area contributed by atoms with Gasteiger partial charge in [0.2, 0.25) is 0 Å². The summed E-state index contributed by atoms with van der Waals surface area (Å²) >= 11 is 3.47. The first-order valence-corrected chi connectivity index (χ1v) is 5.55. The maximum atomic E-state index is 4.29. The van der Waals surface area contributed by atoms with Crippen molar-refractivity contribution in [3.63, 3.8) is 0 Å². The van der Waals surface area contributed by atoms with E-state index in [2.05, 4.69) is 43.0 Å². The van der Waals surface area contributed by atoms with Crippen LogP contribution in [0.3, 0.4) is 0 Å². The summed E-state index contributed by atoms with van der Waals surface area (Å²) in [5.41, 5.74) is 0. The Kier molecular flexibility index (Phi) is 2.98. The van der Waals surface area contributed by atoms with E-state index in [0.717, 1.165) is 29.9 Å². The van der Waals surface area contributed by atoms with Crippen LogP contribution >= 0.6 is 15.9 Å². The lowest BCUT2D eigenvalue weighted by Gasteiger charge is -2.38. The van der Waals surface area contributed by atoms with Gasteiger partial charge in [-0.15, -0.1) is 0 Å². The molecule has 0 atom stereocenters. The standard InChI is InChI=1S/C9H13BrN4/c1-2-14(7-3-11-4-7)9-8(10)5-12-6-13-9/h5-7,11H,2-4H2,1H3. The first kappa shape index (κ1) is 9.86. The van der Waals surface area contributed by atoms with Crippen molar-refractivity contribution in [2.24, 2.45) is 0 Å². The third-order valence-corrected chi connectivity index (χ3v) is 3.02. The molecule has 1 saturated heterocycles. The van der Waals surface area contributed by atoms with Gasteiger partial charge in [0.1, 0.15) is 12.1 Å². The number of likely N-dealkylation sites (N-methyl/N-ethyl adjacent to an activating group) is 1. The Morgan fingerprint density at radius 1 is 1.64 bits per heavy atom. The van der Waals surface area contributed by atoms with Gasteiger partial charge in [-0.25, -0.2) is 9.97 Å². The van der Waals surface area contributed by atoms with Gasteiger partial charge in [0.05, 0.1) is 10.5 Å². The molecule has 1 N–H and O–H groups in total. The summed E-state index contributed by atoms with van der Waals surface area (Å²) in [6.07, 6.45) is 3.38. The van der Waals surface area contributed by atoms with Crippen molar-refractivity contribution < 1.29 is 0 Å². The minimum Gasteiger partial charge on any atom is -0.350 e. The average Bonchev–Trinajstić information content (AvgIpc) is 2.12. The lowest BCUT2D eigenvalue weighted by molar-refractivity contribution is 0.415. The number of hydrogen-bond acceptors (Lipinski definition) is 4. The molecular weight excluding hydrogens is 244 g/mol. The van der Waals surface area contributed by atoms with Gasteiger partial charge in [-0.2, -0.15) is 0 Å². The lowest BCUT2D eigenvalue weighted by atomic mass is 10.1. The molecular formula is C9H13BrN4. The number of nitrogens with one attached hydrogen (secondary N) is 1. The van der Waals surface area contributed by atoms with Crippen LogP contribution in [0, 0.1) is 0 Å². The zero-order valence-electron chi connectivity index (χ0n) is 8.07. The van der Waals surface area contributed by atoms with E-state index in [4.69, 9.17) is 0 Å². The van der Waals surface area contributed by atoms with Crippen molar-refractivity contribution in [1.82, 2.24) is 15.3 Å². The van der Waals surface area contributed by atoms with E-state index in [9.17, 15) is 0 Å². The van der Waals surface area contributed by atoms with E-state index in [0.29, 0.717) is 6.04 Å². The van der Waals surface area contributed by atoms with Crippen molar-refractivity contribution in [2.75, 3.05) is 24.5 Å². The highest BCUT2D eigenvalue weighted by Crippen LogP contribution is 2.24. The molecule has 2 heterocycles. The summed E-state index contributed by atoms with van der Waals surface area (Å²) in [5, 5.41) is 3.26. The van der Waals surface area contributed by atoms with Crippen LogP contribution < -0.4 is 10.2 Å². The van der Waals surface area contributed by atoms with E-state index in [1.54, 1.807) is 12.5 Å². The molecule has 0 unspecified atom stereocenters. The van der Waals surface area contributed by atoms with Crippen molar-refractivity contribution in [2.45, 2.75) is 13.0 Å². The minimum atomic E-state index is 0.575. The molecule has 0 radical (unpaired) electrons. The Bertz CT molecular complexity index is 313. The van der Waals surface area contributed by atoms with E-state index < -0.39 is 0 Å². The molecule has 14 heavy (non-hydrogen) atoms. The summed E-state index contributed by atoms with van der Waals surface area (Å²) in [4.78, 5) is 10.6. The number of nitrogens with zero attached hydrogens (tertiary/aromatic N) is 3. The molecule has 5 heteroatoms. The van der Waals surface area contributed by atoms with Gasteiger partial charge in [0.25, 0.3) is 0 Å². The van der Waals surface area contributed by atoms with E-state index in [1.807, 2.05) is 0 Å². The van der Waals surface area contributed by atoms with Gasteiger partial charge in [0.15, 0.2) is 0 Å². The second kappa shape index (κ2) is 4.23. The molecule has 1 aliphatic heterocycles. The average molecular weight is 257 g/mol. The van der Waals surface area contributed by atoms with Gasteiger partial charge in [0, 0.05) is 25.8 Å². The Labute approximate surface area is 91.9 Å². The SMILES string of the molecule is CCN(c1ncncc1Br)C1CNC1. The monoisotopic (exact) mass is 256 g/mol. The van der Waals surface area contributed by atoms with Gasteiger partial charge < -0.3 is 10.2 Å². The van der Waals surface area contributed by atoms with E-state index >= 15 is 0 Å². The molecule has 0 bridgehead atoms. The predicted molar refractivity (Wildman–Crippen MR) is 59.4 cm³/mol. The van der Waals surface area contributed by atoms with E-state index in [1.165, 1.54) is 0 Å². The van der Waals surface area contributed by atoms with Crippen molar-refractivity contribution in [3.05, 3.63) is 17.0 Å². The molecule has 1 aromatic rings. The van der Waals surface area contributed by atoms with Crippen LogP contribution in [0.25, 0.3) is 0 Å². The molecule has 0 spiro atoms. The topological polar surface area (TPSA) is 41.1 Å². The Balaban J connectivity index is 2.22. The summed E-state index contributed by atoms with van der Waals surface area (Å²) in [6.45, 7) is 5.21. The number of anilines is 1. The number of hydrogen-bond donors (Lipinski definition) is 1. The number of halogens is 1. The Hall–Kier alpha value is -0.680. The van der Waals surface area contributed by atoms with Crippen LogP contribution in [0.2, 0.25) is 0 Å². The van der Waals surface area contributed by atoms with Crippen molar-refractivity contribution in [3.8, 4) is 0 Å². The van der Waals surface area contributed by atoms with Gasteiger partial charge in [-0.05, 0) is 22.9 Å². The smallest absolute Gasteiger partial charge is 0.146 e. The highest BCUT2D eigenvalue weighted by Gasteiger charge is 2.25. The van der Waals surface area contributed by atoms with Crippen LogP contribution in [0.4, 0.5) is 5.82 Å². The molecule has 1 fully saturated rings. The minimum absolute atomic E-state index is 0.575. The second-order valence-electron chi connectivity index (χ2n) is 3.29. The van der Waals surface area contributed by atoms with Crippen molar-refractivity contribution in [1.29, 1.82) is 0 Å². The molecule has 4 nitrogen and oxygen atoms in total. The molecule has 0 aliphatic carbocycles. The van der Waals surface area contributed by atoms with Crippen LogP contribution in [-0.4, -0.2) is 35.6 Å². The third kappa shape index (κ3) is 1.74. The molecule has 76 valence electrons. The number of rotatable bonds is 3. The first-order chi connectivity index (χ1) is 6.83. The summed E-state index contributed by atoms with van der Waals surface area (Å²) < 4.78 is 0.966. The highest BCUT2D eigenvalue weighted by atomic mass is 79.9. The van der Waals surface area contributed by atoms with Gasteiger partial charge in [-0.1, -0.05) is 0 Å². The fourth-order valence-corrected chi connectivity index (χ4v) is 2.04. The molecule has 0 amide bonds. The molecule has 0 aromatic carbocycles. The van der Waals surface area contributed by atoms with Crippen LogP contribution in [0.15, 0.2) is 17.0 Å². The van der Waals surface area contributed by atoms with E-state index in [-0.39, 0.29) is 0 Å². The Morgan fingerprint density at radius 2 is 2.43 bits per heavy atom. The summed E-state index contributed by atoms with van der Waals surface area (Å²) in [7, 11) is 0. The zero-order chi connectivity index (χ0) is 9.97. The maximum Gasteiger partial charge on any atom is 0.146 e. The Morgan fingerprint density at radius 3 is 2.93 bits per heavy atom. The zero-order valence-corrected chi connectivity index (χ0v) is 9.66. The van der Waals surface area contributed by atoms with Crippen LogP contribution in [-0.2, 0) is 0 Å². The number of aromatic nitrogens is 2. The fraction of sp³-hybridized carbons (Fsp3) is 0.556. The largest absolute Gasteiger partial charge is 0.350 e. The van der Waals surface area contributed by atoms with Gasteiger partial charge in [-0.3, -0.25) is 0 Å². The molecule has 1 aromatic heterocycles.